The van der Waals surface area contributed by atoms with Crippen molar-refractivity contribution in [3.63, 3.8) is 0 Å². The van der Waals surface area contributed by atoms with Gasteiger partial charge in [-0.2, -0.15) is 5.10 Å². The molecule has 1 aliphatic rings. The normalized spacial score (nSPS) is 20.7. The first kappa shape index (κ1) is 15.2. The van der Waals surface area contributed by atoms with E-state index in [2.05, 4.69) is 15.5 Å². The van der Waals surface area contributed by atoms with Gasteiger partial charge in [-0.3, -0.25) is 9.59 Å². The summed E-state index contributed by atoms with van der Waals surface area (Å²) in [6, 6.07) is 7.86. The maximum Gasteiger partial charge on any atom is 0.305 e. The van der Waals surface area contributed by atoms with Crippen LogP contribution in [-0.4, -0.2) is 33.1 Å². The van der Waals surface area contributed by atoms with Crippen LogP contribution < -0.4 is 5.32 Å². The van der Waals surface area contributed by atoms with Gasteiger partial charge in [-0.1, -0.05) is 41.6 Å². The number of amidine groups is 1. The zero-order valence-corrected chi connectivity index (χ0v) is 12.5. The van der Waals surface area contributed by atoms with Crippen molar-refractivity contribution in [2.45, 2.75) is 25.5 Å². The second-order valence-corrected chi connectivity index (χ2v) is 5.84. The summed E-state index contributed by atoms with van der Waals surface area (Å²) in [5.74, 6) is -1.35. The molecule has 0 spiro atoms. The Balaban J connectivity index is 2.07. The minimum absolute atomic E-state index is 0.226. The number of rotatable bonds is 4. The predicted octanol–water partition coefficient (Wildman–Crippen LogP) is 1.78. The lowest BCUT2D eigenvalue weighted by atomic mass is 10.1. The van der Waals surface area contributed by atoms with Crippen LogP contribution in [0.3, 0.4) is 0 Å². The molecule has 1 amide bonds. The van der Waals surface area contributed by atoms with E-state index in [9.17, 15) is 9.59 Å². The Kier molecular flexibility index (Phi) is 4.74. The Morgan fingerprint density at radius 3 is 2.67 bits per heavy atom. The summed E-state index contributed by atoms with van der Waals surface area (Å²) in [7, 11) is 0. The molecule has 1 aromatic carbocycles. The molecular weight excluding hydrogens is 290 g/mol. The van der Waals surface area contributed by atoms with Crippen LogP contribution in [0.15, 0.2) is 34.5 Å². The molecule has 21 heavy (non-hydrogen) atoms. The number of aryl methyl sites for hydroxylation is 1. The summed E-state index contributed by atoms with van der Waals surface area (Å²) in [4.78, 5) is 22.2. The van der Waals surface area contributed by atoms with Gasteiger partial charge in [0.25, 0.3) is 0 Å². The Morgan fingerprint density at radius 1 is 1.38 bits per heavy atom. The van der Waals surface area contributed by atoms with Crippen molar-refractivity contribution >= 4 is 34.5 Å². The standard InChI is InChI=1S/C14H15N3O3S/c1-8-3-5-10(6-4-8)9(2)16-17-14-15-13(20)11(21-14)7-12(18)19/h3-6,11H,7H2,1-2H3,(H,18,19)(H,15,17,20)/b16-9+/t11-/m1/s1. The van der Waals surface area contributed by atoms with E-state index in [-0.39, 0.29) is 12.3 Å². The topological polar surface area (TPSA) is 91.1 Å². The van der Waals surface area contributed by atoms with E-state index in [0.717, 1.165) is 28.6 Å². The lowest BCUT2D eigenvalue weighted by Gasteiger charge is -1.99. The van der Waals surface area contributed by atoms with E-state index in [4.69, 9.17) is 5.11 Å². The Bertz CT molecular complexity index is 623. The van der Waals surface area contributed by atoms with Gasteiger partial charge in [0.2, 0.25) is 5.91 Å². The van der Waals surface area contributed by atoms with Crippen LogP contribution in [0.5, 0.6) is 0 Å². The van der Waals surface area contributed by atoms with Crippen LogP contribution in [0, 0.1) is 6.92 Å². The summed E-state index contributed by atoms with van der Waals surface area (Å²) in [5, 5.41) is 19.0. The molecule has 2 N–H and O–H groups in total. The molecule has 0 radical (unpaired) electrons. The summed E-state index contributed by atoms with van der Waals surface area (Å²) in [5.41, 5.74) is 2.83. The highest BCUT2D eigenvalue weighted by atomic mass is 32.2. The van der Waals surface area contributed by atoms with Crippen molar-refractivity contribution in [2.75, 3.05) is 0 Å². The number of amides is 1. The average molecular weight is 305 g/mol. The number of carboxylic acid groups (broad SMARTS) is 1. The zero-order chi connectivity index (χ0) is 15.4. The number of nitrogens with zero attached hydrogens (tertiary/aromatic N) is 2. The first-order valence-corrected chi connectivity index (χ1v) is 7.22. The van der Waals surface area contributed by atoms with Gasteiger partial charge in [0.05, 0.1) is 12.1 Å². The van der Waals surface area contributed by atoms with Gasteiger partial charge >= 0.3 is 5.97 Å². The largest absolute Gasteiger partial charge is 0.481 e. The number of hydrogen-bond acceptors (Lipinski definition) is 5. The van der Waals surface area contributed by atoms with Crippen molar-refractivity contribution in [2.24, 2.45) is 10.2 Å². The molecule has 6 nitrogen and oxygen atoms in total. The van der Waals surface area contributed by atoms with Crippen molar-refractivity contribution in [3.8, 4) is 0 Å². The van der Waals surface area contributed by atoms with E-state index >= 15 is 0 Å². The quantitative estimate of drug-likeness (QED) is 0.655. The fourth-order valence-corrected chi connectivity index (χ4v) is 2.63. The molecule has 7 heteroatoms. The fourth-order valence-electron chi connectivity index (χ4n) is 1.72. The molecule has 0 saturated carbocycles. The third-order valence-corrected chi connectivity index (χ3v) is 3.97. The molecule has 1 aromatic rings. The average Bonchev–Trinajstić information content (AvgIpc) is 2.77. The number of carbonyl (C=O) groups excluding carboxylic acids is 1. The second-order valence-electron chi connectivity index (χ2n) is 4.65. The Morgan fingerprint density at radius 2 is 2.05 bits per heavy atom. The molecule has 1 fully saturated rings. The highest BCUT2D eigenvalue weighted by molar-refractivity contribution is 8.15. The summed E-state index contributed by atoms with van der Waals surface area (Å²) >= 11 is 1.09. The molecular formula is C14H15N3O3S. The van der Waals surface area contributed by atoms with E-state index < -0.39 is 11.2 Å². The first-order valence-electron chi connectivity index (χ1n) is 6.34. The fraction of sp³-hybridized carbons (Fsp3) is 0.286. The summed E-state index contributed by atoms with van der Waals surface area (Å²) in [6.07, 6.45) is -0.226. The monoisotopic (exact) mass is 305 g/mol. The van der Waals surface area contributed by atoms with Gasteiger partial charge < -0.3 is 10.4 Å². The summed E-state index contributed by atoms with van der Waals surface area (Å²) < 4.78 is 0. The van der Waals surface area contributed by atoms with Gasteiger partial charge in [-0.05, 0) is 19.4 Å². The van der Waals surface area contributed by atoms with Crippen molar-refractivity contribution in [3.05, 3.63) is 35.4 Å². The maximum absolute atomic E-state index is 11.5. The molecule has 1 saturated heterocycles. The lowest BCUT2D eigenvalue weighted by molar-refractivity contribution is -0.138. The molecule has 0 bridgehead atoms. The van der Waals surface area contributed by atoms with Crippen molar-refractivity contribution < 1.29 is 14.7 Å². The van der Waals surface area contributed by atoms with Crippen LogP contribution >= 0.6 is 11.8 Å². The molecule has 1 atom stereocenters. The van der Waals surface area contributed by atoms with Gasteiger partial charge in [0, 0.05) is 0 Å². The number of benzene rings is 1. The highest BCUT2D eigenvalue weighted by Crippen LogP contribution is 2.22. The number of aliphatic carboxylic acids is 1. The van der Waals surface area contributed by atoms with E-state index in [1.807, 2.05) is 38.1 Å². The van der Waals surface area contributed by atoms with E-state index in [0.29, 0.717) is 5.17 Å². The van der Waals surface area contributed by atoms with Crippen molar-refractivity contribution in [1.29, 1.82) is 0 Å². The minimum atomic E-state index is -1.01. The van der Waals surface area contributed by atoms with Gasteiger partial charge in [0.15, 0.2) is 5.17 Å². The zero-order valence-electron chi connectivity index (χ0n) is 11.7. The van der Waals surface area contributed by atoms with Crippen LogP contribution in [-0.2, 0) is 9.59 Å². The molecule has 0 aliphatic carbocycles. The molecule has 110 valence electrons. The second kappa shape index (κ2) is 6.53. The van der Waals surface area contributed by atoms with Gasteiger partial charge in [0.1, 0.15) is 5.25 Å². The SMILES string of the molecule is C/C(=N\N=C1\NC(=O)[C@@H](CC(=O)O)S1)c1ccc(C)cc1. The van der Waals surface area contributed by atoms with Crippen LogP contribution in [0.1, 0.15) is 24.5 Å². The van der Waals surface area contributed by atoms with Crippen LogP contribution in [0.25, 0.3) is 0 Å². The number of nitrogens with one attached hydrogen (secondary N) is 1. The van der Waals surface area contributed by atoms with Gasteiger partial charge in [-0.15, -0.1) is 5.10 Å². The smallest absolute Gasteiger partial charge is 0.305 e. The maximum atomic E-state index is 11.5. The van der Waals surface area contributed by atoms with Crippen LogP contribution in [0.2, 0.25) is 0 Å². The number of thioether (sulfide) groups is 1. The minimum Gasteiger partial charge on any atom is -0.481 e. The van der Waals surface area contributed by atoms with Crippen molar-refractivity contribution in [1.82, 2.24) is 5.32 Å². The number of hydrogen-bond donors (Lipinski definition) is 2. The summed E-state index contributed by atoms with van der Waals surface area (Å²) in [6.45, 7) is 3.83. The van der Waals surface area contributed by atoms with Gasteiger partial charge in [-0.25, -0.2) is 0 Å². The highest BCUT2D eigenvalue weighted by Gasteiger charge is 2.32. The number of carboxylic acids is 1. The number of carbonyl (C=O) groups is 2. The molecule has 0 unspecified atom stereocenters. The molecule has 2 rings (SSSR count). The predicted molar refractivity (Wildman–Crippen MR) is 82.6 cm³/mol. The third kappa shape index (κ3) is 4.16. The Hall–Kier alpha value is -2.15. The lowest BCUT2D eigenvalue weighted by Crippen LogP contribution is -2.26. The van der Waals surface area contributed by atoms with Crippen LogP contribution in [0.4, 0.5) is 0 Å². The molecule has 0 aromatic heterocycles. The molecule has 1 heterocycles. The Labute approximate surface area is 126 Å². The molecule has 1 aliphatic heterocycles. The van der Waals surface area contributed by atoms with E-state index in [1.54, 1.807) is 0 Å². The van der Waals surface area contributed by atoms with E-state index in [1.165, 1.54) is 0 Å². The third-order valence-electron chi connectivity index (χ3n) is 2.90. The first-order chi connectivity index (χ1) is 9.95.